The predicted molar refractivity (Wildman–Crippen MR) is 111 cm³/mol. The molecule has 1 fully saturated rings. The van der Waals surface area contributed by atoms with Gasteiger partial charge in [-0.1, -0.05) is 48.5 Å². The summed E-state index contributed by atoms with van der Waals surface area (Å²) in [7, 11) is 0. The minimum atomic E-state index is 0.0425. The number of aryl methyl sites for hydroxylation is 1. The Labute approximate surface area is 166 Å². The number of carbonyl (C=O) groups excluding carboxylic acids is 1. The van der Waals surface area contributed by atoms with Crippen molar-refractivity contribution in [3.8, 4) is 5.75 Å². The van der Waals surface area contributed by atoms with Crippen LogP contribution < -0.4 is 4.74 Å². The lowest BCUT2D eigenvalue weighted by atomic mass is 10.1. The SMILES string of the molecule is O=C(CCCCc1ccccc1)N1CCC(Oc2cccc3cccnc23)C1. The molecule has 0 N–H and O–H groups in total. The van der Waals surface area contributed by atoms with Crippen LogP contribution in [0.3, 0.4) is 0 Å². The van der Waals surface area contributed by atoms with Gasteiger partial charge in [0.15, 0.2) is 0 Å². The summed E-state index contributed by atoms with van der Waals surface area (Å²) in [6, 6.07) is 20.4. The highest BCUT2D eigenvalue weighted by Crippen LogP contribution is 2.26. The molecule has 4 rings (SSSR count). The van der Waals surface area contributed by atoms with E-state index in [1.807, 2.05) is 41.3 Å². The zero-order valence-corrected chi connectivity index (χ0v) is 16.1. The summed E-state index contributed by atoms with van der Waals surface area (Å²) >= 11 is 0. The van der Waals surface area contributed by atoms with E-state index in [-0.39, 0.29) is 12.0 Å². The first kappa shape index (κ1) is 18.5. The van der Waals surface area contributed by atoms with Gasteiger partial charge in [0.1, 0.15) is 17.4 Å². The van der Waals surface area contributed by atoms with E-state index < -0.39 is 0 Å². The van der Waals surface area contributed by atoms with Gasteiger partial charge >= 0.3 is 0 Å². The molecular weight excluding hydrogens is 348 g/mol. The number of aromatic nitrogens is 1. The van der Waals surface area contributed by atoms with Gasteiger partial charge in [0.25, 0.3) is 0 Å². The Morgan fingerprint density at radius 3 is 2.79 bits per heavy atom. The van der Waals surface area contributed by atoms with Gasteiger partial charge in [-0.15, -0.1) is 0 Å². The Morgan fingerprint density at radius 2 is 1.89 bits per heavy atom. The quantitative estimate of drug-likeness (QED) is 0.566. The zero-order chi connectivity index (χ0) is 19.2. The van der Waals surface area contributed by atoms with Gasteiger partial charge in [0, 0.05) is 31.0 Å². The zero-order valence-electron chi connectivity index (χ0n) is 16.1. The van der Waals surface area contributed by atoms with Gasteiger partial charge in [-0.3, -0.25) is 9.78 Å². The van der Waals surface area contributed by atoms with Gasteiger partial charge in [0.05, 0.1) is 6.54 Å². The number of likely N-dealkylation sites (tertiary alicyclic amines) is 1. The van der Waals surface area contributed by atoms with Crippen molar-refractivity contribution in [3.63, 3.8) is 0 Å². The van der Waals surface area contributed by atoms with Crippen LogP contribution in [0.1, 0.15) is 31.2 Å². The van der Waals surface area contributed by atoms with E-state index in [0.717, 1.165) is 48.9 Å². The van der Waals surface area contributed by atoms with Gasteiger partial charge in [-0.05, 0) is 37.0 Å². The van der Waals surface area contributed by atoms with Crippen LogP contribution in [0.25, 0.3) is 10.9 Å². The number of nitrogens with zero attached hydrogens (tertiary/aromatic N) is 2. The van der Waals surface area contributed by atoms with Crippen LogP contribution in [0, 0.1) is 0 Å². The van der Waals surface area contributed by atoms with Crippen molar-refractivity contribution in [1.82, 2.24) is 9.88 Å². The molecule has 1 atom stereocenters. The molecule has 1 unspecified atom stereocenters. The van der Waals surface area contributed by atoms with Crippen molar-refractivity contribution in [2.24, 2.45) is 0 Å². The average molecular weight is 374 g/mol. The number of hydrogen-bond donors (Lipinski definition) is 0. The first-order chi connectivity index (χ1) is 13.8. The maximum absolute atomic E-state index is 12.5. The fourth-order valence-electron chi connectivity index (χ4n) is 3.81. The summed E-state index contributed by atoms with van der Waals surface area (Å²) in [5.74, 6) is 1.05. The highest BCUT2D eigenvalue weighted by atomic mass is 16.5. The van der Waals surface area contributed by atoms with Crippen molar-refractivity contribution in [1.29, 1.82) is 0 Å². The van der Waals surface area contributed by atoms with Crippen LogP contribution >= 0.6 is 0 Å². The van der Waals surface area contributed by atoms with Crippen LogP contribution in [0.5, 0.6) is 5.75 Å². The summed E-state index contributed by atoms with van der Waals surface area (Å²) in [4.78, 5) is 18.9. The molecule has 0 bridgehead atoms. The van der Waals surface area contributed by atoms with Crippen molar-refractivity contribution < 1.29 is 9.53 Å². The lowest BCUT2D eigenvalue weighted by Crippen LogP contribution is -2.30. The van der Waals surface area contributed by atoms with Crippen LogP contribution in [0.15, 0.2) is 66.9 Å². The number of pyridine rings is 1. The number of benzene rings is 2. The van der Waals surface area contributed by atoms with E-state index in [0.29, 0.717) is 13.0 Å². The topological polar surface area (TPSA) is 42.4 Å². The molecule has 1 saturated heterocycles. The highest BCUT2D eigenvalue weighted by Gasteiger charge is 2.27. The number of carbonyl (C=O) groups is 1. The van der Waals surface area contributed by atoms with Crippen molar-refractivity contribution in [2.45, 2.75) is 38.2 Å². The van der Waals surface area contributed by atoms with Gasteiger partial charge in [-0.25, -0.2) is 0 Å². The number of unbranched alkanes of at least 4 members (excludes halogenated alkanes) is 1. The first-order valence-electron chi connectivity index (χ1n) is 10.1. The van der Waals surface area contributed by atoms with E-state index in [4.69, 9.17) is 4.74 Å². The second-order valence-electron chi connectivity index (χ2n) is 7.39. The van der Waals surface area contributed by atoms with Crippen LogP contribution in [-0.4, -0.2) is 35.0 Å². The van der Waals surface area contributed by atoms with Crippen molar-refractivity contribution >= 4 is 16.8 Å². The average Bonchev–Trinajstić information content (AvgIpc) is 3.21. The third-order valence-electron chi connectivity index (χ3n) is 5.34. The molecule has 28 heavy (non-hydrogen) atoms. The van der Waals surface area contributed by atoms with Crippen LogP contribution in [0.4, 0.5) is 0 Å². The van der Waals surface area contributed by atoms with E-state index in [1.54, 1.807) is 6.20 Å². The molecule has 1 aliphatic heterocycles. The fourth-order valence-corrected chi connectivity index (χ4v) is 3.81. The molecule has 0 aliphatic carbocycles. The number of ether oxygens (including phenoxy) is 1. The number of rotatable bonds is 7. The van der Waals surface area contributed by atoms with Gasteiger partial charge in [0.2, 0.25) is 5.91 Å². The molecule has 0 spiro atoms. The van der Waals surface area contributed by atoms with Gasteiger partial charge < -0.3 is 9.64 Å². The first-order valence-corrected chi connectivity index (χ1v) is 10.1. The molecular formula is C24H26N2O2. The Kier molecular flexibility index (Phi) is 5.86. The molecule has 1 aliphatic rings. The number of para-hydroxylation sites is 1. The normalized spacial score (nSPS) is 16.4. The Balaban J connectivity index is 1.25. The monoisotopic (exact) mass is 374 g/mol. The van der Waals surface area contributed by atoms with E-state index >= 15 is 0 Å². The summed E-state index contributed by atoms with van der Waals surface area (Å²) in [6.07, 6.45) is 6.34. The second-order valence-corrected chi connectivity index (χ2v) is 7.39. The molecule has 4 nitrogen and oxygen atoms in total. The highest BCUT2D eigenvalue weighted by molar-refractivity contribution is 5.84. The van der Waals surface area contributed by atoms with Crippen LogP contribution in [0.2, 0.25) is 0 Å². The fraction of sp³-hybridized carbons (Fsp3) is 0.333. The van der Waals surface area contributed by atoms with Crippen LogP contribution in [-0.2, 0) is 11.2 Å². The number of hydrogen-bond acceptors (Lipinski definition) is 3. The van der Waals surface area contributed by atoms with Gasteiger partial charge in [-0.2, -0.15) is 0 Å². The van der Waals surface area contributed by atoms with Crippen molar-refractivity contribution in [2.75, 3.05) is 13.1 Å². The smallest absolute Gasteiger partial charge is 0.222 e. The Hall–Kier alpha value is -2.88. The summed E-state index contributed by atoms with van der Waals surface area (Å²) < 4.78 is 6.20. The molecule has 2 aromatic carbocycles. The largest absolute Gasteiger partial charge is 0.486 e. The van der Waals surface area contributed by atoms with Crippen molar-refractivity contribution in [3.05, 3.63) is 72.4 Å². The molecule has 3 aromatic rings. The number of fused-ring (bicyclic) bond motifs is 1. The lowest BCUT2D eigenvalue weighted by Gasteiger charge is -2.18. The molecule has 0 radical (unpaired) electrons. The number of amides is 1. The van der Waals surface area contributed by atoms with E-state index in [1.165, 1.54) is 5.56 Å². The minimum Gasteiger partial charge on any atom is -0.486 e. The standard InChI is InChI=1S/C24H26N2O2/c27-23(14-5-4-10-19-8-2-1-3-9-19)26-17-15-21(18-26)28-22-13-6-11-20-12-7-16-25-24(20)22/h1-3,6-9,11-13,16,21H,4-5,10,14-15,17-18H2. The third-order valence-corrected chi connectivity index (χ3v) is 5.34. The summed E-state index contributed by atoms with van der Waals surface area (Å²) in [5, 5.41) is 1.07. The summed E-state index contributed by atoms with van der Waals surface area (Å²) in [5.41, 5.74) is 2.23. The summed E-state index contributed by atoms with van der Waals surface area (Å²) in [6.45, 7) is 1.45. The van der Waals surface area contributed by atoms with E-state index in [2.05, 4.69) is 29.2 Å². The molecule has 0 saturated carbocycles. The predicted octanol–water partition coefficient (Wildman–Crippen LogP) is 4.63. The maximum atomic E-state index is 12.5. The molecule has 1 amide bonds. The molecule has 144 valence electrons. The molecule has 1 aromatic heterocycles. The Morgan fingerprint density at radius 1 is 1.04 bits per heavy atom. The minimum absolute atomic E-state index is 0.0425. The molecule has 4 heteroatoms. The maximum Gasteiger partial charge on any atom is 0.222 e. The molecule has 2 heterocycles. The second kappa shape index (κ2) is 8.87. The van der Waals surface area contributed by atoms with E-state index in [9.17, 15) is 4.79 Å². The Bertz CT molecular complexity index is 921. The third kappa shape index (κ3) is 4.50. The lowest BCUT2D eigenvalue weighted by molar-refractivity contribution is -0.130.